The van der Waals surface area contributed by atoms with Crippen molar-refractivity contribution in [3.8, 4) is 0 Å². The number of benzene rings is 1. The summed E-state index contributed by atoms with van der Waals surface area (Å²) in [4.78, 5) is 11.4. The van der Waals surface area contributed by atoms with E-state index in [1.165, 1.54) is 4.31 Å². The highest BCUT2D eigenvalue weighted by atomic mass is 35.5. The molecule has 0 saturated carbocycles. The minimum atomic E-state index is -3.48. The lowest BCUT2D eigenvalue weighted by Gasteiger charge is -2.18. The zero-order valence-corrected chi connectivity index (χ0v) is 11.9. The summed E-state index contributed by atoms with van der Waals surface area (Å²) >= 11 is 5.76. The third kappa shape index (κ3) is 3.92. The quantitative estimate of drug-likeness (QED) is 0.905. The lowest BCUT2D eigenvalue weighted by molar-refractivity contribution is -0.120. The van der Waals surface area contributed by atoms with Crippen LogP contribution < -0.4 is 5.32 Å². The van der Waals surface area contributed by atoms with Crippen LogP contribution >= 0.6 is 11.6 Å². The van der Waals surface area contributed by atoms with Crippen molar-refractivity contribution in [3.05, 3.63) is 34.9 Å². The second-order valence-corrected chi connectivity index (χ2v) is 6.83. The lowest BCUT2D eigenvalue weighted by atomic mass is 10.2. The predicted octanol–water partition coefficient (Wildman–Crippen LogP) is 0.992. The largest absolute Gasteiger partial charge is 0.355 e. The second-order valence-electron chi connectivity index (χ2n) is 4.42. The molecule has 1 aromatic rings. The number of sulfonamides is 1. The highest BCUT2D eigenvalue weighted by molar-refractivity contribution is 7.88. The standard InChI is InChI=1S/C12H15ClN2O3S/c13-11-4-2-10(3-5-11)9-19(17,18)15-7-1-6-14-12(16)8-15/h2-5H,1,6-9H2,(H,14,16). The topological polar surface area (TPSA) is 66.5 Å². The molecular weight excluding hydrogens is 288 g/mol. The average molecular weight is 303 g/mol. The Morgan fingerprint density at radius 2 is 1.95 bits per heavy atom. The molecule has 0 aromatic heterocycles. The molecule has 0 unspecified atom stereocenters. The van der Waals surface area contributed by atoms with Crippen LogP contribution in [0, 0.1) is 0 Å². The molecule has 0 spiro atoms. The Morgan fingerprint density at radius 1 is 1.26 bits per heavy atom. The first-order valence-corrected chi connectivity index (χ1v) is 7.95. The molecule has 1 fully saturated rings. The molecule has 19 heavy (non-hydrogen) atoms. The summed E-state index contributed by atoms with van der Waals surface area (Å²) in [5, 5.41) is 3.22. The maximum atomic E-state index is 12.3. The van der Waals surface area contributed by atoms with Gasteiger partial charge in [0.2, 0.25) is 15.9 Å². The van der Waals surface area contributed by atoms with Crippen LogP contribution in [-0.2, 0) is 20.6 Å². The first-order chi connectivity index (χ1) is 8.97. The number of amides is 1. The molecule has 1 amide bonds. The maximum Gasteiger partial charge on any atom is 0.235 e. The van der Waals surface area contributed by atoms with Crippen LogP contribution in [0.25, 0.3) is 0 Å². The number of nitrogens with zero attached hydrogens (tertiary/aromatic N) is 1. The molecule has 1 saturated heterocycles. The lowest BCUT2D eigenvalue weighted by Crippen LogP contribution is -2.38. The zero-order chi connectivity index (χ0) is 13.9. The van der Waals surface area contributed by atoms with Gasteiger partial charge in [-0.25, -0.2) is 8.42 Å². The predicted molar refractivity (Wildman–Crippen MR) is 73.3 cm³/mol. The van der Waals surface area contributed by atoms with Gasteiger partial charge in [0.25, 0.3) is 0 Å². The van der Waals surface area contributed by atoms with Crippen molar-refractivity contribution in [1.29, 1.82) is 0 Å². The van der Waals surface area contributed by atoms with E-state index in [0.29, 0.717) is 30.1 Å². The minimum absolute atomic E-state index is 0.101. The van der Waals surface area contributed by atoms with Crippen molar-refractivity contribution in [1.82, 2.24) is 9.62 Å². The Balaban J connectivity index is 2.12. The van der Waals surface area contributed by atoms with E-state index in [9.17, 15) is 13.2 Å². The summed E-state index contributed by atoms with van der Waals surface area (Å²) < 4.78 is 25.7. The third-order valence-corrected chi connectivity index (χ3v) is 4.93. The second kappa shape index (κ2) is 5.90. The summed E-state index contributed by atoms with van der Waals surface area (Å²) in [6.45, 7) is 0.788. The van der Waals surface area contributed by atoms with Gasteiger partial charge in [0.05, 0.1) is 12.3 Å². The van der Waals surface area contributed by atoms with Crippen molar-refractivity contribution in [2.45, 2.75) is 12.2 Å². The summed E-state index contributed by atoms with van der Waals surface area (Å²) in [5.74, 6) is -0.366. The van der Waals surface area contributed by atoms with Crippen LogP contribution in [0.5, 0.6) is 0 Å². The molecule has 1 heterocycles. The Hall–Kier alpha value is -1.11. The maximum absolute atomic E-state index is 12.3. The molecule has 0 bridgehead atoms. The van der Waals surface area contributed by atoms with Gasteiger partial charge in [0, 0.05) is 18.1 Å². The molecule has 5 nitrogen and oxygen atoms in total. The van der Waals surface area contributed by atoms with Gasteiger partial charge in [-0.15, -0.1) is 0 Å². The first kappa shape index (κ1) is 14.3. The molecule has 1 aromatic carbocycles. The molecule has 0 atom stereocenters. The van der Waals surface area contributed by atoms with E-state index in [4.69, 9.17) is 11.6 Å². The van der Waals surface area contributed by atoms with Gasteiger partial charge in [-0.3, -0.25) is 4.79 Å². The summed E-state index contributed by atoms with van der Waals surface area (Å²) in [6.07, 6.45) is 0.631. The monoisotopic (exact) mass is 302 g/mol. The fourth-order valence-electron chi connectivity index (χ4n) is 1.90. The number of nitrogens with one attached hydrogen (secondary N) is 1. The van der Waals surface area contributed by atoms with Crippen LogP contribution in [-0.4, -0.2) is 38.3 Å². The van der Waals surface area contributed by atoms with Crippen LogP contribution in [0.3, 0.4) is 0 Å². The Bertz CT molecular complexity index is 557. The fraction of sp³-hybridized carbons (Fsp3) is 0.417. The first-order valence-electron chi connectivity index (χ1n) is 5.96. The molecule has 0 radical (unpaired) electrons. The number of halogens is 1. The van der Waals surface area contributed by atoms with Crippen molar-refractivity contribution in [2.24, 2.45) is 0 Å². The number of rotatable bonds is 3. The minimum Gasteiger partial charge on any atom is -0.355 e. The van der Waals surface area contributed by atoms with Gasteiger partial charge >= 0.3 is 0 Å². The zero-order valence-electron chi connectivity index (χ0n) is 10.3. The van der Waals surface area contributed by atoms with E-state index in [1.54, 1.807) is 24.3 Å². The number of carbonyl (C=O) groups excluding carboxylic acids is 1. The highest BCUT2D eigenvalue weighted by Crippen LogP contribution is 2.15. The molecular formula is C12H15ClN2O3S. The van der Waals surface area contributed by atoms with E-state index in [2.05, 4.69) is 5.32 Å². The van der Waals surface area contributed by atoms with Gasteiger partial charge in [0.1, 0.15) is 0 Å². The Kier molecular flexibility index (Phi) is 4.44. The van der Waals surface area contributed by atoms with Crippen molar-refractivity contribution in [2.75, 3.05) is 19.6 Å². The van der Waals surface area contributed by atoms with Crippen LogP contribution in [0.15, 0.2) is 24.3 Å². The third-order valence-electron chi connectivity index (χ3n) is 2.88. The molecule has 0 aliphatic carbocycles. The summed E-state index contributed by atoms with van der Waals surface area (Å²) in [7, 11) is -3.48. The number of carbonyl (C=O) groups is 1. The number of hydrogen-bond acceptors (Lipinski definition) is 3. The average Bonchev–Trinajstić information content (AvgIpc) is 2.57. The molecule has 2 rings (SSSR count). The molecule has 1 N–H and O–H groups in total. The van der Waals surface area contributed by atoms with Crippen molar-refractivity contribution in [3.63, 3.8) is 0 Å². The van der Waals surface area contributed by atoms with Gasteiger partial charge in [0.15, 0.2) is 0 Å². The van der Waals surface area contributed by atoms with Crippen molar-refractivity contribution < 1.29 is 13.2 Å². The molecule has 7 heteroatoms. The van der Waals surface area contributed by atoms with E-state index in [1.807, 2.05) is 0 Å². The van der Waals surface area contributed by atoms with E-state index >= 15 is 0 Å². The summed E-state index contributed by atoms with van der Waals surface area (Å²) in [6, 6.07) is 6.67. The van der Waals surface area contributed by atoms with E-state index in [-0.39, 0.29) is 18.2 Å². The van der Waals surface area contributed by atoms with E-state index in [0.717, 1.165) is 0 Å². The Morgan fingerprint density at radius 3 is 2.63 bits per heavy atom. The van der Waals surface area contributed by atoms with Crippen LogP contribution in [0.1, 0.15) is 12.0 Å². The van der Waals surface area contributed by atoms with Gasteiger partial charge < -0.3 is 5.32 Å². The van der Waals surface area contributed by atoms with E-state index < -0.39 is 10.0 Å². The van der Waals surface area contributed by atoms with Gasteiger partial charge in [-0.05, 0) is 24.1 Å². The normalized spacial score (nSPS) is 17.8. The van der Waals surface area contributed by atoms with Crippen LogP contribution in [0.4, 0.5) is 0 Å². The fourth-order valence-corrected chi connectivity index (χ4v) is 3.54. The van der Waals surface area contributed by atoms with Crippen molar-refractivity contribution >= 4 is 27.5 Å². The van der Waals surface area contributed by atoms with Gasteiger partial charge in [-0.2, -0.15) is 4.31 Å². The SMILES string of the molecule is O=C1CN(S(=O)(=O)Cc2ccc(Cl)cc2)CCCN1. The molecule has 1 aliphatic rings. The molecule has 104 valence electrons. The molecule has 1 aliphatic heterocycles. The number of hydrogen-bond donors (Lipinski definition) is 1. The highest BCUT2D eigenvalue weighted by Gasteiger charge is 2.26. The summed E-state index contributed by atoms with van der Waals surface area (Å²) in [5.41, 5.74) is 0.661. The Labute approximate surface area is 117 Å². The smallest absolute Gasteiger partial charge is 0.235 e. The van der Waals surface area contributed by atoms with Gasteiger partial charge in [-0.1, -0.05) is 23.7 Å². The van der Waals surface area contributed by atoms with Crippen LogP contribution in [0.2, 0.25) is 5.02 Å².